The van der Waals surface area contributed by atoms with Gasteiger partial charge in [0.2, 0.25) is 0 Å². The molecule has 2 aromatic heterocycles. The van der Waals surface area contributed by atoms with E-state index in [2.05, 4.69) is 31.7 Å². The van der Waals surface area contributed by atoms with Crippen molar-refractivity contribution in [2.24, 2.45) is 0 Å². The minimum atomic E-state index is -0.0506. The van der Waals surface area contributed by atoms with E-state index in [4.69, 9.17) is 16.6 Å². The van der Waals surface area contributed by atoms with Gasteiger partial charge in [-0.3, -0.25) is 4.79 Å². The molecular formula is C27H23BrClN5O. The third-order valence-electron chi connectivity index (χ3n) is 5.79. The molecule has 0 saturated heterocycles. The van der Waals surface area contributed by atoms with E-state index in [0.717, 1.165) is 51.7 Å². The maximum Gasteiger partial charge on any atom is 0.251 e. The lowest BCUT2D eigenvalue weighted by Crippen LogP contribution is -2.24. The van der Waals surface area contributed by atoms with Crippen LogP contribution in [0.1, 0.15) is 23.2 Å². The van der Waals surface area contributed by atoms with Crippen LogP contribution >= 0.6 is 27.5 Å². The lowest BCUT2D eigenvalue weighted by molar-refractivity contribution is 0.0953. The van der Waals surface area contributed by atoms with Gasteiger partial charge in [0.15, 0.2) is 5.65 Å². The lowest BCUT2D eigenvalue weighted by atomic mass is 10.1. The third kappa shape index (κ3) is 5.16. The molecule has 0 radical (unpaired) electrons. The normalized spacial score (nSPS) is 11.1. The number of halogens is 2. The predicted octanol–water partition coefficient (Wildman–Crippen LogP) is 6.59. The van der Waals surface area contributed by atoms with E-state index in [-0.39, 0.29) is 5.91 Å². The Hall–Kier alpha value is -3.42. The van der Waals surface area contributed by atoms with E-state index in [0.29, 0.717) is 22.8 Å². The van der Waals surface area contributed by atoms with Crippen molar-refractivity contribution in [1.29, 1.82) is 0 Å². The van der Waals surface area contributed by atoms with Gasteiger partial charge in [0.25, 0.3) is 5.91 Å². The number of nitrogens with one attached hydrogen (secondary N) is 2. The molecule has 2 heterocycles. The van der Waals surface area contributed by atoms with Gasteiger partial charge in [-0.2, -0.15) is 9.61 Å². The Morgan fingerprint density at radius 2 is 1.71 bits per heavy atom. The van der Waals surface area contributed by atoms with E-state index in [1.54, 1.807) is 10.7 Å². The second-order valence-corrected chi connectivity index (χ2v) is 9.45. The Morgan fingerprint density at radius 3 is 2.57 bits per heavy atom. The molecule has 6 nitrogen and oxygen atoms in total. The maximum atomic E-state index is 12.5. The summed E-state index contributed by atoms with van der Waals surface area (Å²) < 4.78 is 2.58. The maximum absolute atomic E-state index is 12.5. The summed E-state index contributed by atoms with van der Waals surface area (Å²) in [6.07, 6.45) is 3.46. The van der Waals surface area contributed by atoms with Crippen LogP contribution in [-0.2, 0) is 0 Å². The molecule has 0 unspecified atom stereocenters. The lowest BCUT2D eigenvalue weighted by Gasteiger charge is -2.12. The summed E-state index contributed by atoms with van der Waals surface area (Å²) in [6, 6.07) is 23.4. The number of nitrogens with zero attached hydrogens (tertiary/aromatic N) is 3. The van der Waals surface area contributed by atoms with Crippen molar-refractivity contribution in [2.45, 2.75) is 12.8 Å². The molecule has 5 aromatic rings. The van der Waals surface area contributed by atoms with Crippen LogP contribution < -0.4 is 10.6 Å². The monoisotopic (exact) mass is 547 g/mol. The molecule has 0 aliphatic carbocycles. The zero-order chi connectivity index (χ0) is 24.2. The third-order valence-corrected chi connectivity index (χ3v) is 6.67. The van der Waals surface area contributed by atoms with Crippen molar-refractivity contribution in [2.75, 3.05) is 18.4 Å². The molecule has 5 rings (SSSR count). The summed E-state index contributed by atoms with van der Waals surface area (Å²) >= 11 is 9.93. The minimum Gasteiger partial charge on any atom is -0.370 e. The van der Waals surface area contributed by atoms with Crippen molar-refractivity contribution in [3.05, 3.63) is 94.1 Å². The highest BCUT2D eigenvalue weighted by Crippen LogP contribution is 2.30. The van der Waals surface area contributed by atoms with Crippen molar-refractivity contribution < 1.29 is 4.79 Å². The molecule has 8 heteroatoms. The van der Waals surface area contributed by atoms with E-state index in [9.17, 15) is 4.79 Å². The van der Waals surface area contributed by atoms with Crippen molar-refractivity contribution in [3.8, 4) is 11.3 Å². The molecule has 0 bridgehead atoms. The van der Waals surface area contributed by atoms with E-state index in [1.165, 1.54) is 0 Å². The number of aromatic nitrogens is 3. The van der Waals surface area contributed by atoms with Crippen LogP contribution in [0.5, 0.6) is 0 Å². The molecule has 35 heavy (non-hydrogen) atoms. The average molecular weight is 549 g/mol. The van der Waals surface area contributed by atoms with Crippen LogP contribution in [0.2, 0.25) is 5.02 Å². The van der Waals surface area contributed by atoms with Gasteiger partial charge >= 0.3 is 0 Å². The SMILES string of the molecule is O=C(NCCCCNc1cc(-c2ccccc2Cl)nc2c(Br)cnn12)c1ccc2ccccc2c1. The van der Waals surface area contributed by atoms with Crippen LogP contribution in [0.15, 0.2) is 83.5 Å². The first-order valence-electron chi connectivity index (χ1n) is 11.4. The topological polar surface area (TPSA) is 71.3 Å². The summed E-state index contributed by atoms with van der Waals surface area (Å²) in [6.45, 7) is 1.34. The molecule has 0 saturated carbocycles. The average Bonchev–Trinajstić information content (AvgIpc) is 3.26. The molecule has 0 atom stereocenters. The fraction of sp³-hybridized carbons (Fsp3) is 0.148. The van der Waals surface area contributed by atoms with Crippen LogP contribution in [0.4, 0.5) is 5.82 Å². The highest BCUT2D eigenvalue weighted by atomic mass is 79.9. The molecule has 0 aliphatic rings. The van der Waals surface area contributed by atoms with Crippen molar-refractivity contribution in [3.63, 3.8) is 0 Å². The number of carbonyl (C=O) groups is 1. The van der Waals surface area contributed by atoms with Crippen LogP contribution in [0.25, 0.3) is 27.7 Å². The summed E-state index contributed by atoms with van der Waals surface area (Å²) in [7, 11) is 0. The van der Waals surface area contributed by atoms with Gasteiger partial charge in [0.05, 0.1) is 16.4 Å². The van der Waals surface area contributed by atoms with Gasteiger partial charge in [-0.05, 0) is 57.7 Å². The van der Waals surface area contributed by atoms with Gasteiger partial charge in [0.1, 0.15) is 5.82 Å². The number of amides is 1. The Balaban J connectivity index is 1.18. The fourth-order valence-electron chi connectivity index (χ4n) is 3.97. The molecule has 0 spiro atoms. The molecule has 176 valence electrons. The van der Waals surface area contributed by atoms with Gasteiger partial charge < -0.3 is 10.6 Å². The summed E-state index contributed by atoms with van der Waals surface area (Å²) in [5.74, 6) is 0.779. The number of hydrogen-bond donors (Lipinski definition) is 2. The molecule has 2 N–H and O–H groups in total. The number of hydrogen-bond acceptors (Lipinski definition) is 4. The predicted molar refractivity (Wildman–Crippen MR) is 145 cm³/mol. The van der Waals surface area contributed by atoms with Crippen LogP contribution in [0.3, 0.4) is 0 Å². The summed E-state index contributed by atoms with van der Waals surface area (Å²) in [5, 5.41) is 13.7. The zero-order valence-corrected chi connectivity index (χ0v) is 21.2. The number of anilines is 1. The minimum absolute atomic E-state index is 0.0506. The van der Waals surface area contributed by atoms with E-state index in [1.807, 2.05) is 72.8 Å². The summed E-state index contributed by atoms with van der Waals surface area (Å²) in [4.78, 5) is 17.3. The number of benzene rings is 3. The fourth-order valence-corrected chi connectivity index (χ4v) is 4.55. The van der Waals surface area contributed by atoms with Crippen molar-refractivity contribution in [1.82, 2.24) is 19.9 Å². The number of rotatable bonds is 8. The van der Waals surface area contributed by atoms with Gasteiger partial charge in [-0.25, -0.2) is 4.98 Å². The largest absolute Gasteiger partial charge is 0.370 e. The van der Waals surface area contributed by atoms with Gasteiger partial charge in [-0.1, -0.05) is 60.1 Å². The van der Waals surface area contributed by atoms with E-state index >= 15 is 0 Å². The summed E-state index contributed by atoms with van der Waals surface area (Å²) in [5.41, 5.74) is 3.03. The second-order valence-electron chi connectivity index (χ2n) is 8.19. The molecule has 1 amide bonds. The van der Waals surface area contributed by atoms with Crippen molar-refractivity contribution >= 4 is 55.7 Å². The van der Waals surface area contributed by atoms with Gasteiger partial charge in [-0.15, -0.1) is 0 Å². The zero-order valence-electron chi connectivity index (χ0n) is 18.8. The first-order chi connectivity index (χ1) is 17.1. The molecule has 0 aliphatic heterocycles. The smallest absolute Gasteiger partial charge is 0.251 e. The number of carbonyl (C=O) groups excluding carboxylic acids is 1. The Kier molecular flexibility index (Phi) is 6.97. The Labute approximate surface area is 216 Å². The number of fused-ring (bicyclic) bond motifs is 2. The van der Waals surface area contributed by atoms with Gasteiger partial charge in [0, 0.05) is 35.3 Å². The molecule has 3 aromatic carbocycles. The number of unbranched alkanes of at least 4 members (excludes halogenated alkanes) is 1. The quantitative estimate of drug-likeness (QED) is 0.215. The Morgan fingerprint density at radius 1 is 0.943 bits per heavy atom. The molecule has 0 fully saturated rings. The van der Waals surface area contributed by atoms with Crippen LogP contribution in [-0.4, -0.2) is 33.6 Å². The first kappa shape index (κ1) is 23.3. The first-order valence-corrected chi connectivity index (χ1v) is 12.6. The highest BCUT2D eigenvalue weighted by molar-refractivity contribution is 9.10. The highest BCUT2D eigenvalue weighted by Gasteiger charge is 2.13. The van der Waals surface area contributed by atoms with E-state index < -0.39 is 0 Å². The molecular weight excluding hydrogens is 526 g/mol. The van der Waals surface area contributed by atoms with Crippen LogP contribution in [0, 0.1) is 0 Å². The standard InChI is InChI=1S/C27H23BrClN5O/c28-22-17-32-34-25(16-24(33-26(22)34)21-9-3-4-10-23(21)29)30-13-5-6-14-31-27(35)20-12-11-18-7-1-2-8-19(18)15-20/h1-4,7-12,15-17,30H,5-6,13-14H2,(H,31,35). The Bertz CT molecular complexity index is 1520. The second kappa shape index (κ2) is 10.5.